The fourth-order valence-electron chi connectivity index (χ4n) is 1.29. The van der Waals surface area contributed by atoms with Crippen LogP contribution in [-0.4, -0.2) is 18.0 Å². The normalized spacial score (nSPS) is 10.8. The summed E-state index contributed by atoms with van der Waals surface area (Å²) in [4.78, 5) is 22.4. The topological polar surface area (TPSA) is 55.4 Å². The highest BCUT2D eigenvalue weighted by molar-refractivity contribution is 5.93. The van der Waals surface area contributed by atoms with Crippen molar-refractivity contribution in [2.45, 2.75) is 33.3 Å². The summed E-state index contributed by atoms with van der Waals surface area (Å²) in [6.07, 6.45) is 0.137. The number of rotatable bonds is 2. The summed E-state index contributed by atoms with van der Waals surface area (Å²) in [6.45, 7) is 7.23. The van der Waals surface area contributed by atoms with E-state index < -0.39 is 11.7 Å². The molecule has 0 aromatic heterocycles. The van der Waals surface area contributed by atoms with Gasteiger partial charge in [-0.2, -0.15) is 0 Å². The molecule has 1 N–H and O–H groups in total. The Morgan fingerprint density at radius 3 is 2.53 bits per heavy atom. The Labute approximate surface area is 101 Å². The lowest BCUT2D eigenvalue weighted by molar-refractivity contribution is 0.0636. The zero-order valence-electron chi connectivity index (χ0n) is 10.5. The van der Waals surface area contributed by atoms with Crippen LogP contribution < -0.4 is 5.32 Å². The Morgan fingerprint density at radius 2 is 2.00 bits per heavy atom. The van der Waals surface area contributed by atoms with Crippen molar-refractivity contribution in [3.05, 3.63) is 29.3 Å². The summed E-state index contributed by atoms with van der Waals surface area (Å²) in [5.41, 5.74) is 1.30. The summed E-state index contributed by atoms with van der Waals surface area (Å²) in [5.74, 6) is 0. The molecular formula is C13H17NO3. The molecule has 0 saturated carbocycles. The van der Waals surface area contributed by atoms with Crippen molar-refractivity contribution in [2.24, 2.45) is 0 Å². The van der Waals surface area contributed by atoms with Gasteiger partial charge in [-0.15, -0.1) is 0 Å². The first-order valence-corrected chi connectivity index (χ1v) is 5.37. The van der Waals surface area contributed by atoms with Gasteiger partial charge >= 0.3 is 6.09 Å². The summed E-state index contributed by atoms with van der Waals surface area (Å²) >= 11 is 0. The van der Waals surface area contributed by atoms with Gasteiger partial charge in [-0.3, -0.25) is 10.1 Å². The molecular weight excluding hydrogens is 218 g/mol. The van der Waals surface area contributed by atoms with Crippen LogP contribution >= 0.6 is 0 Å². The smallest absolute Gasteiger partial charge is 0.412 e. The van der Waals surface area contributed by atoms with Crippen LogP contribution in [-0.2, 0) is 4.74 Å². The van der Waals surface area contributed by atoms with E-state index in [4.69, 9.17) is 4.74 Å². The quantitative estimate of drug-likeness (QED) is 0.801. The minimum Gasteiger partial charge on any atom is -0.444 e. The van der Waals surface area contributed by atoms with Crippen LogP contribution in [0.4, 0.5) is 10.5 Å². The molecule has 0 aliphatic carbocycles. The van der Waals surface area contributed by atoms with Crippen LogP contribution in [0.15, 0.2) is 18.2 Å². The van der Waals surface area contributed by atoms with Gasteiger partial charge in [0.1, 0.15) is 5.60 Å². The first-order chi connectivity index (χ1) is 7.81. The number of ether oxygens (including phenoxy) is 1. The average Bonchev–Trinajstić information content (AvgIpc) is 2.14. The molecule has 17 heavy (non-hydrogen) atoms. The van der Waals surface area contributed by atoms with Gasteiger partial charge in [-0.25, -0.2) is 4.79 Å². The van der Waals surface area contributed by atoms with Gasteiger partial charge in [0.25, 0.3) is 0 Å². The van der Waals surface area contributed by atoms with E-state index in [0.717, 1.165) is 5.56 Å². The first-order valence-electron chi connectivity index (χ1n) is 5.37. The molecule has 92 valence electrons. The van der Waals surface area contributed by atoms with E-state index in [-0.39, 0.29) is 0 Å². The number of carbonyl (C=O) groups is 2. The summed E-state index contributed by atoms with van der Waals surface area (Å²) in [5, 5.41) is 2.57. The lowest BCUT2D eigenvalue weighted by Gasteiger charge is -2.20. The van der Waals surface area contributed by atoms with Gasteiger partial charge in [0, 0.05) is 5.56 Å². The zero-order chi connectivity index (χ0) is 13.1. The van der Waals surface area contributed by atoms with Gasteiger partial charge in [0.05, 0.1) is 5.69 Å². The highest BCUT2D eigenvalue weighted by atomic mass is 16.6. The second kappa shape index (κ2) is 4.99. The Balaban J connectivity index is 2.84. The van der Waals surface area contributed by atoms with Crippen LogP contribution in [0.2, 0.25) is 0 Å². The molecule has 0 saturated heterocycles. The number of hydrogen-bond acceptors (Lipinski definition) is 3. The van der Waals surface area contributed by atoms with Crippen molar-refractivity contribution in [1.29, 1.82) is 0 Å². The van der Waals surface area contributed by atoms with Crippen LogP contribution in [0.1, 0.15) is 36.7 Å². The third-order valence-corrected chi connectivity index (χ3v) is 1.97. The van der Waals surface area contributed by atoms with Crippen molar-refractivity contribution in [3.63, 3.8) is 0 Å². The van der Waals surface area contributed by atoms with Crippen LogP contribution in [0.5, 0.6) is 0 Å². The van der Waals surface area contributed by atoms with E-state index >= 15 is 0 Å². The van der Waals surface area contributed by atoms with E-state index in [9.17, 15) is 9.59 Å². The summed E-state index contributed by atoms with van der Waals surface area (Å²) in [6, 6.07) is 5.20. The number of anilines is 1. The predicted molar refractivity (Wildman–Crippen MR) is 66.4 cm³/mol. The van der Waals surface area contributed by atoms with Crippen molar-refractivity contribution in [3.8, 4) is 0 Å². The van der Waals surface area contributed by atoms with Gasteiger partial charge in [0.2, 0.25) is 0 Å². The lowest BCUT2D eigenvalue weighted by Crippen LogP contribution is -2.27. The molecule has 0 radical (unpaired) electrons. The molecule has 0 fully saturated rings. The predicted octanol–water partition coefficient (Wildman–Crippen LogP) is 3.15. The number of carbonyl (C=O) groups excluding carboxylic acids is 2. The van der Waals surface area contributed by atoms with E-state index in [1.54, 1.807) is 32.9 Å². The molecule has 4 nitrogen and oxygen atoms in total. The molecule has 1 amide bonds. The van der Waals surface area contributed by atoms with E-state index in [0.29, 0.717) is 17.5 Å². The highest BCUT2D eigenvalue weighted by Gasteiger charge is 2.17. The number of benzene rings is 1. The molecule has 0 unspecified atom stereocenters. The number of nitrogens with one attached hydrogen (secondary N) is 1. The van der Waals surface area contributed by atoms with Crippen molar-refractivity contribution in [1.82, 2.24) is 0 Å². The minimum atomic E-state index is -0.564. The number of hydrogen-bond donors (Lipinski definition) is 1. The molecule has 0 heterocycles. The molecule has 0 bridgehead atoms. The van der Waals surface area contributed by atoms with Gasteiger partial charge in [-0.05, 0) is 45.4 Å². The van der Waals surface area contributed by atoms with Crippen molar-refractivity contribution < 1.29 is 14.3 Å². The monoisotopic (exact) mass is 235 g/mol. The van der Waals surface area contributed by atoms with Crippen molar-refractivity contribution >= 4 is 18.1 Å². The molecule has 0 atom stereocenters. The number of aryl methyl sites for hydroxylation is 1. The second-order valence-corrected chi connectivity index (χ2v) is 4.84. The largest absolute Gasteiger partial charge is 0.444 e. The number of amides is 1. The van der Waals surface area contributed by atoms with Crippen LogP contribution in [0.3, 0.4) is 0 Å². The van der Waals surface area contributed by atoms with E-state index in [2.05, 4.69) is 5.32 Å². The van der Waals surface area contributed by atoms with Gasteiger partial charge in [-0.1, -0.05) is 6.07 Å². The zero-order valence-corrected chi connectivity index (χ0v) is 10.5. The molecule has 0 spiro atoms. The maximum atomic E-state index is 11.6. The average molecular weight is 235 g/mol. The minimum absolute atomic E-state index is 0.432. The maximum Gasteiger partial charge on any atom is 0.412 e. The van der Waals surface area contributed by atoms with Crippen LogP contribution in [0, 0.1) is 6.92 Å². The fourth-order valence-corrected chi connectivity index (χ4v) is 1.29. The van der Waals surface area contributed by atoms with E-state index in [1.165, 1.54) is 0 Å². The van der Waals surface area contributed by atoms with Gasteiger partial charge in [0.15, 0.2) is 6.29 Å². The molecule has 0 aliphatic heterocycles. The lowest BCUT2D eigenvalue weighted by atomic mass is 10.1. The summed E-state index contributed by atoms with van der Waals surface area (Å²) in [7, 11) is 0. The fraction of sp³-hybridized carbons (Fsp3) is 0.385. The standard InChI is InChI=1S/C13H17NO3/c1-9-5-6-10(8-15)11(7-9)14-12(16)17-13(2,3)4/h5-8H,1-4H3,(H,14,16). The number of aldehydes is 1. The molecule has 4 heteroatoms. The van der Waals surface area contributed by atoms with Crippen molar-refractivity contribution in [2.75, 3.05) is 5.32 Å². The Kier molecular flexibility index (Phi) is 3.89. The van der Waals surface area contributed by atoms with E-state index in [1.807, 2.05) is 13.0 Å². The molecule has 1 aromatic rings. The third-order valence-electron chi connectivity index (χ3n) is 1.97. The van der Waals surface area contributed by atoms with Crippen LogP contribution in [0.25, 0.3) is 0 Å². The highest BCUT2D eigenvalue weighted by Crippen LogP contribution is 2.17. The Hall–Kier alpha value is -1.84. The second-order valence-electron chi connectivity index (χ2n) is 4.84. The Bertz CT molecular complexity index is 433. The third kappa shape index (κ3) is 4.26. The molecule has 1 aromatic carbocycles. The summed E-state index contributed by atoms with van der Waals surface area (Å²) < 4.78 is 5.12. The first kappa shape index (κ1) is 13.2. The maximum absolute atomic E-state index is 11.6. The SMILES string of the molecule is Cc1ccc(C=O)c(NC(=O)OC(C)(C)C)c1. The van der Waals surface area contributed by atoms with Gasteiger partial charge < -0.3 is 4.74 Å². The molecule has 0 aliphatic rings. The Morgan fingerprint density at radius 1 is 1.35 bits per heavy atom. The molecule has 1 rings (SSSR count).